The molecule has 238 valence electrons. The molecule has 7 atom stereocenters. The Morgan fingerprint density at radius 3 is 2.13 bits per heavy atom. The summed E-state index contributed by atoms with van der Waals surface area (Å²) in [6, 6.07) is 12.8. The Balaban J connectivity index is 1.43. The van der Waals surface area contributed by atoms with Crippen LogP contribution in [0, 0.1) is 17.8 Å². The fourth-order valence-corrected chi connectivity index (χ4v) is 7.36. The highest BCUT2D eigenvalue weighted by molar-refractivity contribution is 6.07. The summed E-state index contributed by atoms with van der Waals surface area (Å²) >= 11 is 0. The predicted octanol–water partition coefficient (Wildman–Crippen LogP) is 3.59. The number of benzene rings is 2. The minimum Gasteiger partial charge on any atom is -0.497 e. The molecule has 2 aromatic rings. The highest BCUT2D eigenvalue weighted by Crippen LogP contribution is 2.54. The molecule has 6 rings (SSSR count). The van der Waals surface area contributed by atoms with E-state index in [1.807, 2.05) is 69.3 Å². The Bertz CT molecular complexity index is 1490. The molecule has 0 aromatic heterocycles. The second-order valence-corrected chi connectivity index (χ2v) is 12.1. The zero-order valence-electron chi connectivity index (χ0n) is 26.2. The summed E-state index contributed by atoms with van der Waals surface area (Å²) in [5.41, 5.74) is -0.0696. The first-order valence-electron chi connectivity index (χ1n) is 15.7. The molecular formula is C35H41N3O7. The molecule has 0 saturated carbocycles. The van der Waals surface area contributed by atoms with Crippen LogP contribution in [-0.2, 0) is 19.1 Å². The first kappa shape index (κ1) is 30.9. The number of aliphatic hydroxyl groups excluding tert-OH is 1. The fourth-order valence-electron chi connectivity index (χ4n) is 7.36. The van der Waals surface area contributed by atoms with Crippen molar-refractivity contribution in [2.45, 2.75) is 51.0 Å². The van der Waals surface area contributed by atoms with Crippen molar-refractivity contribution in [3.8, 4) is 11.5 Å². The van der Waals surface area contributed by atoms with Gasteiger partial charge in [-0.2, -0.15) is 0 Å². The number of hydrogen-bond donors (Lipinski definition) is 1. The third-order valence-electron chi connectivity index (χ3n) is 9.79. The first-order chi connectivity index (χ1) is 21.8. The molecule has 3 amide bonds. The van der Waals surface area contributed by atoms with E-state index in [4.69, 9.17) is 14.2 Å². The summed E-state index contributed by atoms with van der Waals surface area (Å²) in [6.07, 6.45) is 7.39. The van der Waals surface area contributed by atoms with Crippen LogP contribution in [0.5, 0.6) is 11.5 Å². The predicted molar refractivity (Wildman–Crippen MR) is 169 cm³/mol. The molecule has 0 bridgehead atoms. The summed E-state index contributed by atoms with van der Waals surface area (Å²) < 4.78 is 17.7. The van der Waals surface area contributed by atoms with E-state index in [-0.39, 0.29) is 36.8 Å². The number of rotatable bonds is 9. The minimum absolute atomic E-state index is 0.106. The van der Waals surface area contributed by atoms with Gasteiger partial charge in [0.2, 0.25) is 11.8 Å². The SMILES string of the molecule is CCOc1ccc(N2CC=C[C@H]3O[C@]45C=CCN(c6ccc(OC)cc6)C(=O)C4N([C@@H](CO)[C@@H](C)CC)C(=O)[C@@H]5[C@H]3C2=O)cc1. The van der Waals surface area contributed by atoms with Crippen molar-refractivity contribution in [2.24, 2.45) is 17.8 Å². The van der Waals surface area contributed by atoms with Crippen molar-refractivity contribution in [1.29, 1.82) is 0 Å². The molecule has 2 fully saturated rings. The Hall–Kier alpha value is -4.15. The van der Waals surface area contributed by atoms with Crippen LogP contribution in [0.3, 0.4) is 0 Å². The van der Waals surface area contributed by atoms with E-state index in [9.17, 15) is 19.5 Å². The zero-order valence-corrected chi connectivity index (χ0v) is 26.2. The standard InChI is InChI=1S/C35H41N3O7/c1-5-22(3)27(21-39)38-31-34(42)37(24-10-14-25(43-4)15-11-24)20-8-18-35(31)30(33(38)41)29-28(45-35)9-7-19-36(32(29)40)23-12-16-26(17-13-23)44-6-2/h7-18,22,27-31,39H,5-6,19-21H2,1-4H3/t22-,27-,28+,29-,30-,31?,35-/m0/s1. The smallest absolute Gasteiger partial charge is 0.253 e. The van der Waals surface area contributed by atoms with Gasteiger partial charge in [0.05, 0.1) is 44.3 Å². The van der Waals surface area contributed by atoms with Crippen molar-refractivity contribution >= 4 is 29.1 Å². The van der Waals surface area contributed by atoms with Gasteiger partial charge < -0.3 is 34.0 Å². The molecule has 1 N–H and O–H groups in total. The average Bonchev–Trinajstić information content (AvgIpc) is 3.37. The Kier molecular flexibility index (Phi) is 8.45. The number of methoxy groups -OCH3 is 1. The van der Waals surface area contributed by atoms with Crippen LogP contribution in [0.4, 0.5) is 11.4 Å². The number of nitrogens with zero attached hydrogens (tertiary/aromatic N) is 3. The van der Waals surface area contributed by atoms with Crippen LogP contribution in [-0.4, -0.2) is 84.9 Å². The molecule has 4 aliphatic rings. The molecule has 4 heterocycles. The van der Waals surface area contributed by atoms with E-state index in [1.54, 1.807) is 41.2 Å². The molecule has 2 aromatic carbocycles. The van der Waals surface area contributed by atoms with Crippen molar-refractivity contribution in [2.75, 3.05) is 43.2 Å². The highest BCUT2D eigenvalue weighted by Gasteiger charge is 2.72. The van der Waals surface area contributed by atoms with Gasteiger partial charge in [0, 0.05) is 24.5 Å². The maximum absolute atomic E-state index is 14.7. The van der Waals surface area contributed by atoms with Gasteiger partial charge in [-0.15, -0.1) is 0 Å². The fraction of sp³-hybridized carbons (Fsp3) is 0.457. The summed E-state index contributed by atoms with van der Waals surface area (Å²) in [5, 5.41) is 10.6. The molecular weight excluding hydrogens is 574 g/mol. The Morgan fingerprint density at radius 2 is 1.53 bits per heavy atom. The number of fused-ring (bicyclic) bond motifs is 2. The third-order valence-corrected chi connectivity index (χ3v) is 9.79. The molecule has 45 heavy (non-hydrogen) atoms. The number of aliphatic hydroxyl groups is 1. The number of likely N-dealkylation sites (tertiary alicyclic amines) is 1. The molecule has 10 heteroatoms. The van der Waals surface area contributed by atoms with Gasteiger partial charge in [0.1, 0.15) is 23.1 Å². The number of carbonyl (C=O) groups excluding carboxylic acids is 3. The van der Waals surface area contributed by atoms with Gasteiger partial charge in [-0.05, 0) is 61.4 Å². The van der Waals surface area contributed by atoms with E-state index in [0.29, 0.717) is 42.4 Å². The van der Waals surface area contributed by atoms with E-state index >= 15 is 0 Å². The van der Waals surface area contributed by atoms with Gasteiger partial charge in [-0.3, -0.25) is 14.4 Å². The normalized spacial score (nSPS) is 28.7. The van der Waals surface area contributed by atoms with E-state index < -0.39 is 35.6 Å². The molecule has 1 spiro atoms. The van der Waals surface area contributed by atoms with Crippen LogP contribution in [0.15, 0.2) is 72.8 Å². The lowest BCUT2D eigenvalue weighted by Crippen LogP contribution is -2.59. The number of anilines is 2. The van der Waals surface area contributed by atoms with Crippen molar-refractivity contribution in [3.63, 3.8) is 0 Å². The second kappa shape index (κ2) is 12.3. The van der Waals surface area contributed by atoms with Gasteiger partial charge in [0.25, 0.3) is 5.91 Å². The van der Waals surface area contributed by atoms with Crippen LogP contribution in [0.1, 0.15) is 27.2 Å². The average molecular weight is 616 g/mol. The lowest BCUT2D eigenvalue weighted by molar-refractivity contribution is -0.145. The van der Waals surface area contributed by atoms with Crippen LogP contribution in [0.25, 0.3) is 0 Å². The van der Waals surface area contributed by atoms with E-state index in [0.717, 1.165) is 0 Å². The molecule has 10 nitrogen and oxygen atoms in total. The summed E-state index contributed by atoms with van der Waals surface area (Å²) in [4.78, 5) is 48.7. The van der Waals surface area contributed by atoms with E-state index in [2.05, 4.69) is 0 Å². The zero-order chi connectivity index (χ0) is 31.9. The Morgan fingerprint density at radius 1 is 0.911 bits per heavy atom. The van der Waals surface area contributed by atoms with Crippen molar-refractivity contribution in [1.82, 2.24) is 4.90 Å². The summed E-state index contributed by atoms with van der Waals surface area (Å²) in [5.74, 6) is -1.48. The summed E-state index contributed by atoms with van der Waals surface area (Å²) in [6.45, 7) is 6.65. The maximum Gasteiger partial charge on any atom is 0.253 e. The number of hydrogen-bond acceptors (Lipinski definition) is 7. The van der Waals surface area contributed by atoms with Crippen molar-refractivity contribution in [3.05, 3.63) is 72.8 Å². The minimum atomic E-state index is -1.40. The monoisotopic (exact) mass is 615 g/mol. The van der Waals surface area contributed by atoms with Crippen LogP contribution >= 0.6 is 0 Å². The molecule has 1 unspecified atom stereocenters. The van der Waals surface area contributed by atoms with Gasteiger partial charge in [-0.1, -0.05) is 44.6 Å². The van der Waals surface area contributed by atoms with Gasteiger partial charge in [-0.25, -0.2) is 0 Å². The molecule has 2 saturated heterocycles. The number of carbonyl (C=O) groups is 3. The van der Waals surface area contributed by atoms with Crippen LogP contribution in [0.2, 0.25) is 0 Å². The largest absolute Gasteiger partial charge is 0.497 e. The lowest BCUT2D eigenvalue weighted by atomic mass is 9.77. The molecule has 0 aliphatic carbocycles. The third kappa shape index (κ3) is 5.00. The number of amides is 3. The number of ether oxygens (including phenoxy) is 3. The van der Waals surface area contributed by atoms with Gasteiger partial charge in [0.15, 0.2) is 0 Å². The molecule has 4 aliphatic heterocycles. The lowest BCUT2D eigenvalue weighted by Gasteiger charge is -2.40. The quantitative estimate of drug-likeness (QED) is 0.430. The highest BCUT2D eigenvalue weighted by atomic mass is 16.5. The topological polar surface area (TPSA) is 109 Å². The maximum atomic E-state index is 14.7. The van der Waals surface area contributed by atoms with Crippen LogP contribution < -0.4 is 19.3 Å². The van der Waals surface area contributed by atoms with Crippen molar-refractivity contribution < 1.29 is 33.7 Å². The molecule has 0 radical (unpaired) electrons. The van der Waals surface area contributed by atoms with E-state index in [1.165, 1.54) is 4.90 Å². The van der Waals surface area contributed by atoms with Gasteiger partial charge >= 0.3 is 0 Å². The Labute approximate surface area is 263 Å². The summed E-state index contributed by atoms with van der Waals surface area (Å²) in [7, 11) is 1.58. The first-order valence-corrected chi connectivity index (χ1v) is 15.7. The second-order valence-electron chi connectivity index (χ2n) is 12.1.